The maximum absolute atomic E-state index is 4.72. The van der Waals surface area contributed by atoms with E-state index in [2.05, 4.69) is 51.0 Å². The standard InChI is InChI=1S/C17H16N2.C3H8.C2H6/c1-6-13-8-7-9(2)14-15(13)10(3)16-17(14)19-12(5)11(4)18-16;1-3-2;1-2/h6-8H,1,3H2,2,4-5H3;3H2,1-2H3;1-2H3. The highest BCUT2D eigenvalue weighted by atomic mass is 14.9. The van der Waals surface area contributed by atoms with E-state index < -0.39 is 0 Å². The predicted octanol–water partition coefficient (Wildman–Crippen LogP) is 6.53. The first kappa shape index (κ1) is 19.8. The highest BCUT2D eigenvalue weighted by molar-refractivity contribution is 6.01. The molecule has 2 aromatic rings. The molecule has 1 aliphatic carbocycles. The molecule has 0 atom stereocenters. The molecule has 2 heteroatoms. The summed E-state index contributed by atoms with van der Waals surface area (Å²) in [7, 11) is 0. The molecule has 0 fully saturated rings. The number of aromatic nitrogens is 2. The molecule has 0 amide bonds. The molecule has 3 rings (SSSR count). The number of fused-ring (bicyclic) bond motifs is 3. The molecule has 128 valence electrons. The van der Waals surface area contributed by atoms with Gasteiger partial charge in [0.15, 0.2) is 0 Å². The smallest absolute Gasteiger partial charge is 0.0977 e. The topological polar surface area (TPSA) is 25.8 Å². The number of benzene rings is 1. The van der Waals surface area contributed by atoms with Gasteiger partial charge in [-0.05, 0) is 31.9 Å². The normalized spacial score (nSPS) is 10.7. The lowest BCUT2D eigenvalue weighted by molar-refractivity contribution is 1.04. The lowest BCUT2D eigenvalue weighted by Crippen LogP contribution is -1.97. The fraction of sp³-hybridized carbons (Fsp3) is 0.364. The van der Waals surface area contributed by atoms with Crippen molar-refractivity contribution >= 4 is 11.6 Å². The second kappa shape index (κ2) is 8.58. The Balaban J connectivity index is 0.000000521. The Morgan fingerprint density at radius 1 is 0.917 bits per heavy atom. The van der Waals surface area contributed by atoms with Crippen LogP contribution in [0.15, 0.2) is 25.3 Å². The molecule has 0 N–H and O–H groups in total. The van der Waals surface area contributed by atoms with E-state index >= 15 is 0 Å². The minimum Gasteiger partial charge on any atom is -0.249 e. The quantitative estimate of drug-likeness (QED) is 0.509. The van der Waals surface area contributed by atoms with Crippen molar-refractivity contribution in [3.05, 3.63) is 59.1 Å². The van der Waals surface area contributed by atoms with Crippen molar-refractivity contribution in [3.8, 4) is 11.3 Å². The van der Waals surface area contributed by atoms with E-state index in [-0.39, 0.29) is 0 Å². The second-order valence-electron chi connectivity index (χ2n) is 5.70. The minimum absolute atomic E-state index is 0.913. The number of hydrogen-bond acceptors (Lipinski definition) is 2. The fourth-order valence-corrected chi connectivity index (χ4v) is 2.63. The Morgan fingerprint density at radius 2 is 1.42 bits per heavy atom. The molecule has 0 saturated heterocycles. The minimum atomic E-state index is 0.913. The first-order valence-corrected chi connectivity index (χ1v) is 8.77. The molecule has 1 heterocycles. The maximum Gasteiger partial charge on any atom is 0.0977 e. The third-order valence-corrected chi connectivity index (χ3v) is 3.80. The van der Waals surface area contributed by atoms with Crippen molar-refractivity contribution in [1.82, 2.24) is 9.97 Å². The van der Waals surface area contributed by atoms with Gasteiger partial charge in [0, 0.05) is 16.7 Å². The SMILES string of the molecule is C=Cc1ccc(C)c2c1C(=C)c1nc(C)c(C)nc1-2.CC.CCC. The van der Waals surface area contributed by atoms with Crippen LogP contribution in [0, 0.1) is 20.8 Å². The van der Waals surface area contributed by atoms with Crippen LogP contribution in [0.3, 0.4) is 0 Å². The van der Waals surface area contributed by atoms with Gasteiger partial charge in [0.1, 0.15) is 0 Å². The van der Waals surface area contributed by atoms with Crippen LogP contribution in [-0.4, -0.2) is 9.97 Å². The molecular weight excluding hydrogens is 292 g/mol. The summed E-state index contributed by atoms with van der Waals surface area (Å²) in [6.07, 6.45) is 3.12. The summed E-state index contributed by atoms with van der Waals surface area (Å²) >= 11 is 0. The van der Waals surface area contributed by atoms with Crippen LogP contribution in [0.5, 0.6) is 0 Å². The van der Waals surface area contributed by atoms with Crippen LogP contribution in [0.1, 0.15) is 67.9 Å². The third-order valence-electron chi connectivity index (χ3n) is 3.80. The van der Waals surface area contributed by atoms with E-state index in [1.165, 1.54) is 12.0 Å². The van der Waals surface area contributed by atoms with Gasteiger partial charge >= 0.3 is 0 Å². The van der Waals surface area contributed by atoms with E-state index in [1.807, 2.05) is 33.8 Å². The first-order valence-electron chi connectivity index (χ1n) is 8.77. The molecular formula is C22H30N2. The van der Waals surface area contributed by atoms with Crippen LogP contribution in [-0.2, 0) is 0 Å². The van der Waals surface area contributed by atoms with Gasteiger partial charge in [-0.25, -0.2) is 9.97 Å². The van der Waals surface area contributed by atoms with Gasteiger partial charge in [0.05, 0.1) is 22.8 Å². The van der Waals surface area contributed by atoms with Gasteiger partial charge in [-0.15, -0.1) is 0 Å². The second-order valence-corrected chi connectivity index (χ2v) is 5.70. The molecule has 0 radical (unpaired) electrons. The van der Waals surface area contributed by atoms with Gasteiger partial charge in [-0.2, -0.15) is 0 Å². The summed E-state index contributed by atoms with van der Waals surface area (Å²) in [4.78, 5) is 9.39. The van der Waals surface area contributed by atoms with Crippen LogP contribution in [0.2, 0.25) is 0 Å². The van der Waals surface area contributed by atoms with Crippen LogP contribution in [0.25, 0.3) is 22.9 Å². The van der Waals surface area contributed by atoms with Crippen molar-refractivity contribution in [2.24, 2.45) is 0 Å². The number of rotatable bonds is 1. The monoisotopic (exact) mass is 322 g/mol. The summed E-state index contributed by atoms with van der Waals surface area (Å²) < 4.78 is 0. The molecule has 1 aromatic heterocycles. The summed E-state index contributed by atoms with van der Waals surface area (Å²) in [6.45, 7) is 22.4. The Kier molecular flexibility index (Phi) is 7.09. The van der Waals surface area contributed by atoms with Gasteiger partial charge in [-0.3, -0.25) is 0 Å². The number of aryl methyl sites for hydroxylation is 3. The highest BCUT2D eigenvalue weighted by Gasteiger charge is 2.28. The Hall–Kier alpha value is -2.22. The first-order chi connectivity index (χ1) is 11.5. The van der Waals surface area contributed by atoms with E-state index in [0.29, 0.717) is 0 Å². The van der Waals surface area contributed by atoms with Gasteiger partial charge in [-0.1, -0.05) is 65.5 Å². The Bertz CT molecular complexity index is 755. The van der Waals surface area contributed by atoms with Crippen molar-refractivity contribution in [1.29, 1.82) is 0 Å². The zero-order valence-corrected chi connectivity index (χ0v) is 16.2. The fourth-order valence-electron chi connectivity index (χ4n) is 2.63. The average Bonchev–Trinajstić information content (AvgIpc) is 2.85. The molecule has 1 aromatic carbocycles. The van der Waals surface area contributed by atoms with Gasteiger partial charge < -0.3 is 0 Å². The summed E-state index contributed by atoms with van der Waals surface area (Å²) in [6, 6.07) is 4.19. The predicted molar refractivity (Wildman–Crippen MR) is 107 cm³/mol. The van der Waals surface area contributed by atoms with Gasteiger partial charge in [0.2, 0.25) is 0 Å². The van der Waals surface area contributed by atoms with E-state index in [9.17, 15) is 0 Å². The average molecular weight is 322 g/mol. The Morgan fingerprint density at radius 3 is 1.92 bits per heavy atom. The largest absolute Gasteiger partial charge is 0.249 e. The lowest BCUT2D eigenvalue weighted by Gasteiger charge is -2.08. The number of nitrogens with zero attached hydrogens (tertiary/aromatic N) is 2. The van der Waals surface area contributed by atoms with E-state index in [0.717, 1.165) is 45.0 Å². The van der Waals surface area contributed by atoms with Crippen molar-refractivity contribution in [3.63, 3.8) is 0 Å². The maximum atomic E-state index is 4.72. The van der Waals surface area contributed by atoms with Gasteiger partial charge in [0.25, 0.3) is 0 Å². The Labute approximate surface area is 147 Å². The van der Waals surface area contributed by atoms with Crippen LogP contribution < -0.4 is 0 Å². The van der Waals surface area contributed by atoms with Crippen molar-refractivity contribution in [2.45, 2.75) is 54.9 Å². The van der Waals surface area contributed by atoms with E-state index in [1.54, 1.807) is 0 Å². The molecule has 0 saturated carbocycles. The highest BCUT2D eigenvalue weighted by Crippen LogP contribution is 2.45. The third kappa shape index (κ3) is 3.48. The molecule has 1 aliphatic rings. The molecule has 0 spiro atoms. The molecule has 0 aliphatic heterocycles. The van der Waals surface area contributed by atoms with Crippen molar-refractivity contribution < 1.29 is 0 Å². The number of hydrogen-bond donors (Lipinski definition) is 0. The van der Waals surface area contributed by atoms with Crippen molar-refractivity contribution in [2.75, 3.05) is 0 Å². The molecule has 0 unspecified atom stereocenters. The lowest BCUT2D eigenvalue weighted by atomic mass is 9.96. The molecule has 24 heavy (non-hydrogen) atoms. The summed E-state index contributed by atoms with van der Waals surface area (Å²) in [5.74, 6) is 0. The zero-order valence-electron chi connectivity index (χ0n) is 16.2. The summed E-state index contributed by atoms with van der Waals surface area (Å²) in [5, 5.41) is 0. The van der Waals surface area contributed by atoms with Crippen LogP contribution >= 0.6 is 0 Å². The zero-order chi connectivity index (χ0) is 18.4. The molecule has 0 bridgehead atoms. The van der Waals surface area contributed by atoms with E-state index in [4.69, 9.17) is 4.98 Å². The van der Waals surface area contributed by atoms with Crippen LogP contribution in [0.4, 0.5) is 0 Å². The summed E-state index contributed by atoms with van der Waals surface area (Å²) in [5.41, 5.74) is 9.37. The molecule has 2 nitrogen and oxygen atoms in total.